The maximum Gasteiger partial charge on any atom is 0.265 e. The number of rotatable bonds is 6. The lowest BCUT2D eigenvalue weighted by Crippen LogP contribution is -2.45. The molecule has 0 radical (unpaired) electrons. The van der Waals surface area contributed by atoms with Gasteiger partial charge in [-0.15, -0.1) is 0 Å². The Bertz CT molecular complexity index is 1080. The van der Waals surface area contributed by atoms with Crippen LogP contribution < -0.4 is 15.0 Å². The summed E-state index contributed by atoms with van der Waals surface area (Å²) in [6.45, 7) is 2.41. The number of hydrogen-bond donors (Lipinski definition) is 1. The van der Waals surface area contributed by atoms with Crippen molar-refractivity contribution >= 4 is 27.5 Å². The van der Waals surface area contributed by atoms with Crippen molar-refractivity contribution in [2.45, 2.75) is 30.7 Å². The smallest absolute Gasteiger partial charge is 0.265 e. The number of nitrogens with zero attached hydrogens (tertiary/aromatic N) is 2. The molecule has 0 spiro atoms. The summed E-state index contributed by atoms with van der Waals surface area (Å²) < 4.78 is 32.8. The number of ether oxygens (including phenoxy) is 1. The SMILES string of the molecule is C[C@H](NC(=O)CN1C(=O)COc2ccc(S(=O)(=O)N3CCCC3)cc21)c1ccccc1. The highest BCUT2D eigenvalue weighted by molar-refractivity contribution is 7.89. The quantitative estimate of drug-likeness (QED) is 0.737. The van der Waals surface area contributed by atoms with E-state index in [1.54, 1.807) is 6.07 Å². The molecule has 1 saturated heterocycles. The van der Waals surface area contributed by atoms with Crippen molar-refractivity contribution in [3.63, 3.8) is 0 Å². The zero-order chi connectivity index (χ0) is 22.0. The van der Waals surface area contributed by atoms with Gasteiger partial charge in [0.2, 0.25) is 15.9 Å². The number of nitrogens with one attached hydrogen (secondary N) is 1. The minimum absolute atomic E-state index is 0.0921. The number of anilines is 1. The predicted octanol–water partition coefficient (Wildman–Crippen LogP) is 2.07. The average Bonchev–Trinajstić information content (AvgIpc) is 3.32. The summed E-state index contributed by atoms with van der Waals surface area (Å²) in [6, 6.07) is 13.7. The van der Waals surface area contributed by atoms with Gasteiger partial charge in [0.05, 0.1) is 16.6 Å². The highest BCUT2D eigenvalue weighted by Crippen LogP contribution is 2.35. The van der Waals surface area contributed by atoms with Crippen LogP contribution in [0, 0.1) is 0 Å². The van der Waals surface area contributed by atoms with Crippen molar-refractivity contribution in [1.29, 1.82) is 0 Å². The van der Waals surface area contributed by atoms with E-state index in [2.05, 4.69) is 5.32 Å². The third-order valence-corrected chi connectivity index (χ3v) is 7.45. The lowest BCUT2D eigenvalue weighted by atomic mass is 10.1. The summed E-state index contributed by atoms with van der Waals surface area (Å²) in [5, 5.41) is 2.88. The molecule has 9 heteroatoms. The summed E-state index contributed by atoms with van der Waals surface area (Å²) in [4.78, 5) is 26.6. The molecule has 2 aromatic rings. The second-order valence-electron chi connectivity index (χ2n) is 7.71. The molecule has 2 amide bonds. The molecule has 2 aromatic carbocycles. The molecule has 164 valence electrons. The molecule has 0 aromatic heterocycles. The first-order chi connectivity index (χ1) is 14.9. The Morgan fingerprint density at radius 1 is 1.13 bits per heavy atom. The Balaban J connectivity index is 1.55. The van der Waals surface area contributed by atoms with E-state index < -0.39 is 15.9 Å². The van der Waals surface area contributed by atoms with Crippen molar-refractivity contribution in [2.24, 2.45) is 0 Å². The summed E-state index contributed by atoms with van der Waals surface area (Å²) in [6.07, 6.45) is 1.66. The molecule has 2 aliphatic rings. The van der Waals surface area contributed by atoms with E-state index in [4.69, 9.17) is 4.74 Å². The molecule has 2 heterocycles. The van der Waals surface area contributed by atoms with Gasteiger partial charge in [0.15, 0.2) is 6.61 Å². The first kappa shape index (κ1) is 21.3. The summed E-state index contributed by atoms with van der Waals surface area (Å²) in [5.74, 6) is -0.361. The highest BCUT2D eigenvalue weighted by Gasteiger charge is 2.32. The molecular formula is C22H25N3O5S. The number of amides is 2. The molecule has 8 nitrogen and oxygen atoms in total. The Labute approximate surface area is 181 Å². The third kappa shape index (κ3) is 4.42. The first-order valence-corrected chi connectivity index (χ1v) is 11.7. The Hall–Kier alpha value is -2.91. The van der Waals surface area contributed by atoms with E-state index in [1.165, 1.54) is 21.3 Å². The van der Waals surface area contributed by atoms with Gasteiger partial charge in [-0.1, -0.05) is 30.3 Å². The molecule has 0 bridgehead atoms. The number of carbonyl (C=O) groups is 2. The number of fused-ring (bicyclic) bond motifs is 1. The van der Waals surface area contributed by atoms with Gasteiger partial charge in [0.25, 0.3) is 5.91 Å². The fraction of sp³-hybridized carbons (Fsp3) is 0.364. The molecule has 1 fully saturated rings. The number of sulfonamides is 1. The monoisotopic (exact) mass is 443 g/mol. The molecular weight excluding hydrogens is 418 g/mol. The largest absolute Gasteiger partial charge is 0.482 e. The second-order valence-corrected chi connectivity index (χ2v) is 9.65. The number of benzene rings is 2. The average molecular weight is 444 g/mol. The van der Waals surface area contributed by atoms with Gasteiger partial charge in [0.1, 0.15) is 12.3 Å². The Kier molecular flexibility index (Phi) is 5.97. The van der Waals surface area contributed by atoms with Crippen molar-refractivity contribution in [3.05, 3.63) is 54.1 Å². The highest BCUT2D eigenvalue weighted by atomic mass is 32.2. The topological polar surface area (TPSA) is 96.0 Å². The van der Waals surface area contributed by atoms with Crippen molar-refractivity contribution in [1.82, 2.24) is 9.62 Å². The van der Waals surface area contributed by atoms with Gasteiger partial charge >= 0.3 is 0 Å². The maximum absolute atomic E-state index is 12.9. The van der Waals surface area contributed by atoms with Gasteiger partial charge in [-0.2, -0.15) is 4.31 Å². The fourth-order valence-corrected chi connectivity index (χ4v) is 5.39. The normalized spacial score (nSPS) is 17.7. The Morgan fingerprint density at radius 2 is 1.84 bits per heavy atom. The van der Waals surface area contributed by atoms with Crippen LogP contribution in [0.4, 0.5) is 5.69 Å². The van der Waals surface area contributed by atoms with Gasteiger partial charge in [0, 0.05) is 13.1 Å². The van der Waals surface area contributed by atoms with Crippen LogP contribution in [0.2, 0.25) is 0 Å². The van der Waals surface area contributed by atoms with Crippen LogP contribution in [0.5, 0.6) is 5.75 Å². The van der Waals surface area contributed by atoms with Gasteiger partial charge in [-0.05, 0) is 43.5 Å². The van der Waals surface area contributed by atoms with E-state index in [0.29, 0.717) is 24.5 Å². The standard InChI is InChI=1S/C22H25N3O5S/c1-16(17-7-3-2-4-8-17)23-21(26)14-25-19-13-18(9-10-20(19)30-15-22(25)27)31(28,29)24-11-5-6-12-24/h2-4,7-10,13,16H,5-6,11-12,14-15H2,1H3,(H,23,26)/t16-/m0/s1. The number of hydrogen-bond acceptors (Lipinski definition) is 5. The molecule has 2 aliphatic heterocycles. The van der Waals surface area contributed by atoms with E-state index in [-0.39, 0.29) is 30.0 Å². The van der Waals surface area contributed by atoms with E-state index in [1.807, 2.05) is 37.3 Å². The summed E-state index contributed by atoms with van der Waals surface area (Å²) in [5.41, 5.74) is 1.24. The van der Waals surface area contributed by atoms with Crippen LogP contribution in [0.25, 0.3) is 0 Å². The predicted molar refractivity (Wildman–Crippen MR) is 115 cm³/mol. The van der Waals surface area contributed by atoms with Gasteiger partial charge in [-0.3, -0.25) is 14.5 Å². The molecule has 4 rings (SSSR count). The van der Waals surface area contributed by atoms with Crippen LogP contribution in [0.15, 0.2) is 53.4 Å². The first-order valence-electron chi connectivity index (χ1n) is 10.3. The van der Waals surface area contributed by atoms with Crippen molar-refractivity contribution in [3.8, 4) is 5.75 Å². The van der Waals surface area contributed by atoms with Crippen molar-refractivity contribution in [2.75, 3.05) is 31.1 Å². The molecule has 31 heavy (non-hydrogen) atoms. The molecule has 1 N–H and O–H groups in total. The minimum atomic E-state index is -3.66. The van der Waals surface area contributed by atoms with Crippen LogP contribution in [0.1, 0.15) is 31.4 Å². The van der Waals surface area contributed by atoms with Crippen molar-refractivity contribution < 1.29 is 22.7 Å². The lowest BCUT2D eigenvalue weighted by Gasteiger charge is -2.30. The minimum Gasteiger partial charge on any atom is -0.482 e. The molecule has 1 atom stereocenters. The molecule has 0 aliphatic carbocycles. The third-order valence-electron chi connectivity index (χ3n) is 5.55. The zero-order valence-corrected chi connectivity index (χ0v) is 18.1. The zero-order valence-electron chi connectivity index (χ0n) is 17.3. The van der Waals surface area contributed by atoms with Crippen LogP contribution in [-0.4, -0.2) is 50.8 Å². The van der Waals surface area contributed by atoms with Crippen LogP contribution >= 0.6 is 0 Å². The molecule has 0 saturated carbocycles. The maximum atomic E-state index is 12.9. The second kappa shape index (κ2) is 8.68. The summed E-state index contributed by atoms with van der Waals surface area (Å²) in [7, 11) is -3.66. The molecule has 0 unspecified atom stereocenters. The summed E-state index contributed by atoms with van der Waals surface area (Å²) >= 11 is 0. The van der Waals surface area contributed by atoms with Gasteiger partial charge < -0.3 is 10.1 Å². The Morgan fingerprint density at radius 3 is 2.55 bits per heavy atom. The van der Waals surface area contributed by atoms with E-state index in [0.717, 1.165) is 18.4 Å². The lowest BCUT2D eigenvalue weighted by molar-refractivity contribution is -0.125. The van der Waals surface area contributed by atoms with Gasteiger partial charge in [-0.25, -0.2) is 8.42 Å². The fourth-order valence-electron chi connectivity index (χ4n) is 3.85. The van der Waals surface area contributed by atoms with E-state index in [9.17, 15) is 18.0 Å². The van der Waals surface area contributed by atoms with E-state index >= 15 is 0 Å². The van der Waals surface area contributed by atoms with Crippen LogP contribution in [0.3, 0.4) is 0 Å². The number of carbonyl (C=O) groups excluding carboxylic acids is 2. The van der Waals surface area contributed by atoms with Crippen LogP contribution in [-0.2, 0) is 19.6 Å².